The van der Waals surface area contributed by atoms with E-state index in [-0.39, 0.29) is 5.92 Å². The van der Waals surface area contributed by atoms with Crippen LogP contribution in [0.1, 0.15) is 32.3 Å². The standard InChI is InChI=1S/C23H34N2O2S.C7H8/c1-5-7-11-21(6-2)22-14-16-25(17-15-22)19-20(3)18-24(4)28(26,27)23-12-9-8-10-13-23;1-7-5-3-2-4-6-7/h5-13,20,22H,2,14-19H2,1,3-4H3;2-6H,1H3/b7-5-,21-11+;. The lowest BCUT2D eigenvalue weighted by Gasteiger charge is -2.34. The minimum Gasteiger partial charge on any atom is -0.303 e. The number of rotatable bonds is 9. The summed E-state index contributed by atoms with van der Waals surface area (Å²) < 4.78 is 26.9. The number of hydrogen-bond acceptors (Lipinski definition) is 3. The lowest BCUT2D eigenvalue weighted by molar-refractivity contribution is 0.170. The van der Waals surface area contributed by atoms with Gasteiger partial charge in [-0.1, -0.05) is 91.9 Å². The van der Waals surface area contributed by atoms with Gasteiger partial charge >= 0.3 is 0 Å². The van der Waals surface area contributed by atoms with Gasteiger partial charge in [-0.25, -0.2) is 12.7 Å². The van der Waals surface area contributed by atoms with E-state index in [1.807, 2.05) is 43.3 Å². The summed E-state index contributed by atoms with van der Waals surface area (Å²) in [5.41, 5.74) is 2.64. The molecule has 0 N–H and O–H groups in total. The molecule has 35 heavy (non-hydrogen) atoms. The van der Waals surface area contributed by atoms with E-state index in [0.29, 0.717) is 17.4 Å². The summed E-state index contributed by atoms with van der Waals surface area (Å²) in [5.74, 6) is 0.846. The lowest BCUT2D eigenvalue weighted by Crippen LogP contribution is -2.40. The topological polar surface area (TPSA) is 40.6 Å². The average molecular weight is 495 g/mol. The van der Waals surface area contributed by atoms with E-state index in [1.54, 1.807) is 31.3 Å². The maximum atomic E-state index is 12.7. The monoisotopic (exact) mass is 494 g/mol. The molecule has 2 aromatic rings. The molecule has 1 aliphatic heterocycles. The van der Waals surface area contributed by atoms with Crippen molar-refractivity contribution in [2.75, 3.05) is 33.2 Å². The van der Waals surface area contributed by atoms with E-state index in [1.165, 1.54) is 15.4 Å². The molecule has 5 heteroatoms. The molecule has 1 unspecified atom stereocenters. The molecule has 1 heterocycles. The third-order valence-electron chi connectivity index (χ3n) is 6.31. The largest absolute Gasteiger partial charge is 0.303 e. The molecule has 2 aromatic carbocycles. The number of allylic oxidation sites excluding steroid dienone is 5. The minimum absolute atomic E-state index is 0.275. The summed E-state index contributed by atoms with van der Waals surface area (Å²) >= 11 is 0. The van der Waals surface area contributed by atoms with Crippen LogP contribution >= 0.6 is 0 Å². The molecule has 0 spiro atoms. The second-order valence-electron chi connectivity index (χ2n) is 9.33. The number of sulfonamides is 1. The van der Waals surface area contributed by atoms with Crippen molar-refractivity contribution in [1.29, 1.82) is 0 Å². The van der Waals surface area contributed by atoms with Crippen LogP contribution < -0.4 is 0 Å². The number of aryl methyl sites for hydroxylation is 1. The highest BCUT2D eigenvalue weighted by molar-refractivity contribution is 7.89. The molecule has 3 rings (SSSR count). The van der Waals surface area contributed by atoms with Crippen molar-refractivity contribution in [3.63, 3.8) is 0 Å². The Morgan fingerprint density at radius 2 is 1.66 bits per heavy atom. The fourth-order valence-corrected chi connectivity index (χ4v) is 5.68. The third kappa shape index (κ3) is 9.60. The average Bonchev–Trinajstić information content (AvgIpc) is 2.86. The van der Waals surface area contributed by atoms with Crippen LogP contribution in [-0.4, -0.2) is 50.8 Å². The first-order valence-electron chi connectivity index (χ1n) is 12.5. The van der Waals surface area contributed by atoms with Crippen molar-refractivity contribution in [2.24, 2.45) is 11.8 Å². The van der Waals surface area contributed by atoms with E-state index < -0.39 is 10.0 Å². The first-order valence-corrected chi connectivity index (χ1v) is 13.9. The number of hydrogen-bond donors (Lipinski definition) is 0. The Kier molecular flexibility index (Phi) is 12.2. The molecule has 0 aliphatic carbocycles. The Hall–Kier alpha value is -2.47. The summed E-state index contributed by atoms with van der Waals surface area (Å²) in [4.78, 5) is 2.82. The Balaban J connectivity index is 0.000000527. The van der Waals surface area contributed by atoms with Crippen LogP contribution in [0.15, 0.2) is 102 Å². The molecule has 1 fully saturated rings. The summed E-state index contributed by atoms with van der Waals surface area (Å²) in [6.45, 7) is 13.7. The van der Waals surface area contributed by atoms with Crippen LogP contribution in [0.5, 0.6) is 0 Å². The Morgan fingerprint density at radius 1 is 1.09 bits per heavy atom. The second-order valence-corrected chi connectivity index (χ2v) is 11.4. The van der Waals surface area contributed by atoms with Gasteiger partial charge in [-0.2, -0.15) is 0 Å². The molecule has 0 saturated carbocycles. The maximum absolute atomic E-state index is 12.7. The van der Waals surface area contributed by atoms with Gasteiger partial charge in [0.1, 0.15) is 0 Å². The van der Waals surface area contributed by atoms with Gasteiger partial charge in [0.15, 0.2) is 0 Å². The van der Waals surface area contributed by atoms with Crippen molar-refractivity contribution >= 4 is 10.0 Å². The SMILES string of the molecule is C=C/C(=C\C=C/C)C1CCN(CC(C)CN(C)S(=O)(=O)c2ccccc2)CC1.Cc1ccccc1. The van der Waals surface area contributed by atoms with Gasteiger partial charge in [-0.05, 0) is 69.3 Å². The van der Waals surface area contributed by atoms with E-state index in [2.05, 4.69) is 49.6 Å². The minimum atomic E-state index is -3.42. The zero-order valence-electron chi connectivity index (χ0n) is 21.8. The van der Waals surface area contributed by atoms with Gasteiger partial charge in [0.05, 0.1) is 4.90 Å². The molecule has 0 aromatic heterocycles. The van der Waals surface area contributed by atoms with E-state index in [9.17, 15) is 8.42 Å². The molecule has 4 nitrogen and oxygen atoms in total. The molecule has 1 atom stereocenters. The van der Waals surface area contributed by atoms with Crippen LogP contribution in [0.3, 0.4) is 0 Å². The quantitative estimate of drug-likeness (QED) is 0.382. The van der Waals surface area contributed by atoms with E-state index in [4.69, 9.17) is 0 Å². The van der Waals surface area contributed by atoms with Crippen LogP contribution in [-0.2, 0) is 10.0 Å². The van der Waals surface area contributed by atoms with Gasteiger partial charge in [-0.15, -0.1) is 0 Å². The smallest absolute Gasteiger partial charge is 0.242 e. The lowest BCUT2D eigenvalue weighted by atomic mass is 9.88. The highest BCUT2D eigenvalue weighted by Crippen LogP contribution is 2.26. The molecule has 0 amide bonds. The van der Waals surface area contributed by atoms with E-state index in [0.717, 1.165) is 32.5 Å². The highest BCUT2D eigenvalue weighted by Gasteiger charge is 2.25. The zero-order chi connectivity index (χ0) is 25.7. The van der Waals surface area contributed by atoms with Gasteiger partial charge < -0.3 is 4.90 Å². The van der Waals surface area contributed by atoms with Gasteiger partial charge in [0.2, 0.25) is 10.0 Å². The number of benzene rings is 2. The van der Waals surface area contributed by atoms with Gasteiger partial charge in [0.25, 0.3) is 0 Å². The molecular formula is C30H42N2O2S. The number of likely N-dealkylation sites (tertiary alicyclic amines) is 1. The fourth-order valence-electron chi connectivity index (χ4n) is 4.37. The number of nitrogens with zero attached hydrogens (tertiary/aromatic N) is 2. The molecule has 0 radical (unpaired) electrons. The summed E-state index contributed by atoms with van der Waals surface area (Å²) in [5, 5.41) is 0. The van der Waals surface area contributed by atoms with Crippen LogP contribution in [0, 0.1) is 18.8 Å². The van der Waals surface area contributed by atoms with Crippen molar-refractivity contribution in [2.45, 2.75) is 38.5 Å². The summed E-state index contributed by atoms with van der Waals surface area (Å²) in [7, 11) is -1.74. The van der Waals surface area contributed by atoms with Crippen molar-refractivity contribution in [3.8, 4) is 0 Å². The first-order chi connectivity index (χ1) is 16.8. The Bertz CT molecular complexity index is 1040. The maximum Gasteiger partial charge on any atom is 0.242 e. The first kappa shape index (κ1) is 28.8. The van der Waals surface area contributed by atoms with Gasteiger partial charge in [0, 0.05) is 20.1 Å². The van der Waals surface area contributed by atoms with Gasteiger partial charge in [-0.3, -0.25) is 0 Å². The Morgan fingerprint density at radius 3 is 2.14 bits per heavy atom. The highest BCUT2D eigenvalue weighted by atomic mass is 32.2. The summed E-state index contributed by atoms with van der Waals surface area (Å²) in [6.07, 6.45) is 10.5. The number of piperidine rings is 1. The molecular weight excluding hydrogens is 452 g/mol. The van der Waals surface area contributed by atoms with Crippen LogP contribution in [0.2, 0.25) is 0 Å². The molecule has 0 bridgehead atoms. The molecule has 190 valence electrons. The van der Waals surface area contributed by atoms with Crippen molar-refractivity contribution in [1.82, 2.24) is 9.21 Å². The fraction of sp³-hybridized carbons (Fsp3) is 0.400. The molecule has 1 aliphatic rings. The van der Waals surface area contributed by atoms with Crippen LogP contribution in [0.4, 0.5) is 0 Å². The Labute approximate surface area is 213 Å². The predicted octanol–water partition coefficient (Wildman–Crippen LogP) is 6.34. The zero-order valence-corrected chi connectivity index (χ0v) is 22.6. The summed E-state index contributed by atoms with van der Waals surface area (Å²) in [6, 6.07) is 18.9. The predicted molar refractivity (Wildman–Crippen MR) is 149 cm³/mol. The second kappa shape index (κ2) is 14.8. The van der Waals surface area contributed by atoms with E-state index >= 15 is 0 Å². The van der Waals surface area contributed by atoms with Crippen molar-refractivity contribution in [3.05, 3.63) is 103 Å². The molecule has 1 saturated heterocycles. The third-order valence-corrected chi connectivity index (χ3v) is 8.14. The van der Waals surface area contributed by atoms with Crippen LogP contribution in [0.25, 0.3) is 0 Å². The van der Waals surface area contributed by atoms with Crippen molar-refractivity contribution < 1.29 is 8.42 Å². The normalized spacial score (nSPS) is 16.7.